The molecular formula is C10H16N2S. The fraction of sp³-hybridized carbons (Fsp3) is 0.700. The molecule has 0 amide bonds. The minimum absolute atomic E-state index is 0.984. The van der Waals surface area contributed by atoms with Crippen molar-refractivity contribution in [2.24, 2.45) is 5.92 Å². The van der Waals surface area contributed by atoms with Crippen LogP contribution in [-0.4, -0.2) is 18.1 Å². The Morgan fingerprint density at radius 1 is 1.62 bits per heavy atom. The van der Waals surface area contributed by atoms with Crippen LogP contribution in [0, 0.1) is 12.8 Å². The van der Waals surface area contributed by atoms with Crippen molar-refractivity contribution in [1.29, 1.82) is 0 Å². The van der Waals surface area contributed by atoms with Gasteiger partial charge < -0.3 is 5.32 Å². The first-order valence-electron chi connectivity index (χ1n) is 4.96. The van der Waals surface area contributed by atoms with Gasteiger partial charge in [-0.3, -0.25) is 0 Å². The van der Waals surface area contributed by atoms with Crippen LogP contribution in [0.1, 0.15) is 23.5 Å². The molecule has 0 bridgehead atoms. The summed E-state index contributed by atoms with van der Waals surface area (Å²) in [7, 11) is 0. The second-order valence-corrected chi connectivity index (χ2v) is 4.72. The van der Waals surface area contributed by atoms with Crippen molar-refractivity contribution in [3.63, 3.8) is 0 Å². The van der Waals surface area contributed by atoms with Crippen LogP contribution >= 0.6 is 11.3 Å². The minimum Gasteiger partial charge on any atom is -0.316 e. The Morgan fingerprint density at radius 3 is 3.08 bits per heavy atom. The van der Waals surface area contributed by atoms with Crippen LogP contribution in [0.25, 0.3) is 0 Å². The van der Waals surface area contributed by atoms with Crippen molar-refractivity contribution in [1.82, 2.24) is 10.3 Å². The van der Waals surface area contributed by atoms with Gasteiger partial charge in [0, 0.05) is 24.0 Å². The zero-order valence-electron chi connectivity index (χ0n) is 8.05. The van der Waals surface area contributed by atoms with Crippen LogP contribution < -0.4 is 5.32 Å². The second-order valence-electron chi connectivity index (χ2n) is 3.78. The summed E-state index contributed by atoms with van der Waals surface area (Å²) >= 11 is 1.77. The summed E-state index contributed by atoms with van der Waals surface area (Å²) in [5.41, 5.74) is 1.15. The van der Waals surface area contributed by atoms with Gasteiger partial charge in [-0.15, -0.1) is 11.3 Å². The molecule has 1 aromatic heterocycles. The molecule has 0 spiro atoms. The number of hydrogen-bond donors (Lipinski definition) is 1. The molecule has 3 heteroatoms. The van der Waals surface area contributed by atoms with Gasteiger partial charge in [-0.05, 0) is 32.2 Å². The number of thiazole rings is 1. The second kappa shape index (κ2) is 4.20. The molecule has 0 aliphatic heterocycles. The van der Waals surface area contributed by atoms with E-state index in [9.17, 15) is 0 Å². The Hall–Kier alpha value is -0.410. The van der Waals surface area contributed by atoms with E-state index < -0.39 is 0 Å². The van der Waals surface area contributed by atoms with Gasteiger partial charge in [0.2, 0.25) is 0 Å². The van der Waals surface area contributed by atoms with Crippen LogP contribution in [0.5, 0.6) is 0 Å². The first kappa shape index (κ1) is 9.16. The zero-order chi connectivity index (χ0) is 9.10. The average molecular weight is 196 g/mol. The lowest BCUT2D eigenvalue weighted by atomic mass is 10.4. The number of aromatic nitrogens is 1. The largest absolute Gasteiger partial charge is 0.316 e. The van der Waals surface area contributed by atoms with Crippen molar-refractivity contribution in [3.8, 4) is 0 Å². The molecule has 72 valence electrons. The summed E-state index contributed by atoms with van der Waals surface area (Å²) in [6.45, 7) is 4.35. The maximum Gasteiger partial charge on any atom is 0.0940 e. The minimum atomic E-state index is 0.984. The maximum atomic E-state index is 4.42. The third-order valence-corrected chi connectivity index (χ3v) is 3.34. The Balaban J connectivity index is 1.61. The molecule has 1 aliphatic rings. The molecule has 13 heavy (non-hydrogen) atoms. The van der Waals surface area contributed by atoms with Crippen LogP contribution in [0.2, 0.25) is 0 Å². The first-order valence-corrected chi connectivity index (χ1v) is 5.84. The van der Waals surface area contributed by atoms with Crippen molar-refractivity contribution >= 4 is 11.3 Å². The van der Waals surface area contributed by atoms with E-state index >= 15 is 0 Å². The Bertz CT molecular complexity index is 266. The van der Waals surface area contributed by atoms with Gasteiger partial charge >= 0.3 is 0 Å². The lowest BCUT2D eigenvalue weighted by Crippen LogP contribution is -2.19. The van der Waals surface area contributed by atoms with Gasteiger partial charge in [0.1, 0.15) is 0 Å². The molecule has 0 unspecified atom stereocenters. The Morgan fingerprint density at radius 2 is 2.46 bits per heavy atom. The van der Waals surface area contributed by atoms with Gasteiger partial charge in [-0.2, -0.15) is 0 Å². The van der Waals surface area contributed by atoms with Gasteiger partial charge in [-0.1, -0.05) is 0 Å². The highest BCUT2D eigenvalue weighted by Gasteiger charge is 2.19. The molecular weight excluding hydrogens is 180 g/mol. The molecule has 0 saturated heterocycles. The molecule has 1 saturated carbocycles. The molecule has 2 nitrogen and oxygen atoms in total. The molecule has 1 fully saturated rings. The van der Waals surface area contributed by atoms with Crippen molar-refractivity contribution < 1.29 is 0 Å². The lowest BCUT2D eigenvalue weighted by Gasteiger charge is -2.00. The van der Waals surface area contributed by atoms with E-state index in [1.54, 1.807) is 11.3 Å². The van der Waals surface area contributed by atoms with E-state index in [4.69, 9.17) is 0 Å². The average Bonchev–Trinajstić information content (AvgIpc) is 2.84. The highest BCUT2D eigenvalue weighted by molar-refractivity contribution is 7.09. The zero-order valence-corrected chi connectivity index (χ0v) is 8.86. The van der Waals surface area contributed by atoms with E-state index in [-0.39, 0.29) is 0 Å². The fourth-order valence-electron chi connectivity index (χ4n) is 1.34. The number of nitrogens with one attached hydrogen (secondary N) is 1. The third-order valence-electron chi connectivity index (χ3n) is 2.31. The van der Waals surface area contributed by atoms with E-state index in [0.717, 1.165) is 24.6 Å². The van der Waals surface area contributed by atoms with E-state index in [0.29, 0.717) is 0 Å². The Kier molecular flexibility index (Phi) is 2.96. The molecule has 1 aliphatic carbocycles. The van der Waals surface area contributed by atoms with Crippen LogP contribution in [0.15, 0.2) is 5.38 Å². The topological polar surface area (TPSA) is 24.9 Å². The van der Waals surface area contributed by atoms with Gasteiger partial charge in [0.05, 0.1) is 5.01 Å². The fourth-order valence-corrected chi connectivity index (χ4v) is 2.12. The lowest BCUT2D eigenvalue weighted by molar-refractivity contribution is 0.636. The highest BCUT2D eigenvalue weighted by Crippen LogP contribution is 2.27. The molecule has 1 N–H and O–H groups in total. The summed E-state index contributed by atoms with van der Waals surface area (Å²) in [5, 5.41) is 6.86. The molecule has 1 aromatic rings. The van der Waals surface area contributed by atoms with Crippen LogP contribution in [-0.2, 0) is 6.42 Å². The molecule has 0 aromatic carbocycles. The SMILES string of the molecule is Cc1csc(CCNCC2CC2)n1. The molecule has 0 radical (unpaired) electrons. The third kappa shape index (κ3) is 3.08. The summed E-state index contributed by atoms with van der Waals surface area (Å²) < 4.78 is 0. The van der Waals surface area contributed by atoms with Crippen LogP contribution in [0.4, 0.5) is 0 Å². The number of hydrogen-bond acceptors (Lipinski definition) is 3. The van der Waals surface area contributed by atoms with Crippen LogP contribution in [0.3, 0.4) is 0 Å². The van der Waals surface area contributed by atoms with E-state index in [1.807, 2.05) is 0 Å². The van der Waals surface area contributed by atoms with Gasteiger partial charge in [0.15, 0.2) is 0 Å². The quantitative estimate of drug-likeness (QED) is 0.729. The number of nitrogens with zero attached hydrogens (tertiary/aromatic N) is 1. The Labute approximate surface area is 83.4 Å². The van der Waals surface area contributed by atoms with Crippen molar-refractivity contribution in [2.45, 2.75) is 26.2 Å². The smallest absolute Gasteiger partial charge is 0.0940 e. The normalized spacial score (nSPS) is 16.4. The molecule has 2 rings (SSSR count). The summed E-state index contributed by atoms with van der Waals surface area (Å²) in [5.74, 6) is 0.984. The molecule has 1 heterocycles. The van der Waals surface area contributed by atoms with E-state index in [2.05, 4.69) is 22.6 Å². The maximum absolute atomic E-state index is 4.42. The number of rotatable bonds is 5. The monoisotopic (exact) mass is 196 g/mol. The predicted octanol–water partition coefficient (Wildman–Crippen LogP) is 1.99. The summed E-state index contributed by atoms with van der Waals surface area (Å²) in [6, 6.07) is 0. The standard InChI is InChI=1S/C10H16N2S/c1-8-7-13-10(12-8)4-5-11-6-9-2-3-9/h7,9,11H,2-6H2,1H3. The number of aryl methyl sites for hydroxylation is 1. The first-order chi connectivity index (χ1) is 6.34. The van der Waals surface area contributed by atoms with Gasteiger partial charge in [-0.25, -0.2) is 4.98 Å². The highest BCUT2D eigenvalue weighted by atomic mass is 32.1. The van der Waals surface area contributed by atoms with Gasteiger partial charge in [0.25, 0.3) is 0 Å². The predicted molar refractivity (Wildman–Crippen MR) is 56.1 cm³/mol. The van der Waals surface area contributed by atoms with E-state index in [1.165, 1.54) is 24.4 Å². The summed E-state index contributed by atoms with van der Waals surface area (Å²) in [6.07, 6.45) is 3.96. The van der Waals surface area contributed by atoms with Crippen molar-refractivity contribution in [2.75, 3.05) is 13.1 Å². The summed E-state index contributed by atoms with van der Waals surface area (Å²) in [4.78, 5) is 4.42. The van der Waals surface area contributed by atoms with Crippen molar-refractivity contribution in [3.05, 3.63) is 16.1 Å². The molecule has 0 atom stereocenters.